The van der Waals surface area contributed by atoms with Crippen molar-refractivity contribution in [2.45, 2.75) is 50.9 Å². The van der Waals surface area contributed by atoms with Crippen LogP contribution in [0.15, 0.2) is 41.1 Å². The van der Waals surface area contributed by atoms with Crippen LogP contribution in [0.5, 0.6) is 0 Å². The minimum absolute atomic E-state index is 0.0190. The average Bonchev–Trinajstić information content (AvgIpc) is 3.32. The van der Waals surface area contributed by atoms with Gasteiger partial charge in [-0.2, -0.15) is 11.3 Å². The SMILES string of the molecule is CC(C)c1ccc(NC(=O)C(=O)NCC2(c3ccsc3)CCCC2)cc1. The Morgan fingerprint density at radius 1 is 1.08 bits per heavy atom. The van der Waals surface area contributed by atoms with Crippen LogP contribution >= 0.6 is 11.3 Å². The Morgan fingerprint density at radius 3 is 2.35 bits per heavy atom. The number of benzene rings is 1. The van der Waals surface area contributed by atoms with Gasteiger partial charge in [0.2, 0.25) is 0 Å². The molecule has 1 aromatic heterocycles. The van der Waals surface area contributed by atoms with E-state index in [1.165, 1.54) is 24.0 Å². The number of rotatable bonds is 5. The molecule has 0 bridgehead atoms. The fourth-order valence-corrected chi connectivity index (χ4v) is 4.43. The quantitative estimate of drug-likeness (QED) is 0.765. The van der Waals surface area contributed by atoms with Crippen molar-refractivity contribution in [1.29, 1.82) is 0 Å². The van der Waals surface area contributed by atoms with Crippen molar-refractivity contribution in [2.75, 3.05) is 11.9 Å². The van der Waals surface area contributed by atoms with Gasteiger partial charge in [0.05, 0.1) is 0 Å². The Balaban J connectivity index is 1.58. The fourth-order valence-electron chi connectivity index (χ4n) is 3.65. The number of hydrogen-bond donors (Lipinski definition) is 2. The summed E-state index contributed by atoms with van der Waals surface area (Å²) in [5, 5.41) is 9.77. The van der Waals surface area contributed by atoms with Crippen LogP contribution in [-0.2, 0) is 15.0 Å². The van der Waals surface area contributed by atoms with Crippen LogP contribution in [0.25, 0.3) is 0 Å². The molecule has 0 spiro atoms. The van der Waals surface area contributed by atoms with E-state index in [9.17, 15) is 9.59 Å². The summed E-state index contributed by atoms with van der Waals surface area (Å²) in [5.41, 5.74) is 3.11. The number of carbonyl (C=O) groups is 2. The predicted octanol–water partition coefficient (Wildman–Crippen LogP) is 4.44. The lowest BCUT2D eigenvalue weighted by atomic mass is 9.80. The Kier molecular flexibility index (Phi) is 5.77. The number of amides is 2. The Morgan fingerprint density at radius 2 is 1.77 bits per heavy atom. The molecule has 1 heterocycles. The molecule has 26 heavy (non-hydrogen) atoms. The van der Waals surface area contributed by atoms with Gasteiger partial charge in [0.25, 0.3) is 0 Å². The van der Waals surface area contributed by atoms with E-state index < -0.39 is 11.8 Å². The molecule has 0 saturated heterocycles. The van der Waals surface area contributed by atoms with Gasteiger partial charge >= 0.3 is 11.8 Å². The average molecular weight is 371 g/mol. The van der Waals surface area contributed by atoms with Crippen molar-refractivity contribution in [2.24, 2.45) is 0 Å². The van der Waals surface area contributed by atoms with Crippen LogP contribution in [0.4, 0.5) is 5.69 Å². The molecule has 2 N–H and O–H groups in total. The molecule has 1 fully saturated rings. The first kappa shape index (κ1) is 18.6. The fraction of sp³-hybridized carbons (Fsp3) is 0.429. The molecule has 2 amide bonds. The van der Waals surface area contributed by atoms with Crippen molar-refractivity contribution in [1.82, 2.24) is 5.32 Å². The van der Waals surface area contributed by atoms with Gasteiger partial charge in [0.15, 0.2) is 0 Å². The molecule has 0 unspecified atom stereocenters. The van der Waals surface area contributed by atoms with Crippen LogP contribution < -0.4 is 10.6 Å². The van der Waals surface area contributed by atoms with E-state index in [-0.39, 0.29) is 5.41 Å². The molecule has 5 heteroatoms. The second kappa shape index (κ2) is 8.04. The minimum Gasteiger partial charge on any atom is -0.347 e. The minimum atomic E-state index is -0.610. The molecule has 1 aliphatic carbocycles. The van der Waals surface area contributed by atoms with Gasteiger partial charge in [-0.25, -0.2) is 0 Å². The van der Waals surface area contributed by atoms with Crippen LogP contribution in [-0.4, -0.2) is 18.4 Å². The lowest BCUT2D eigenvalue weighted by Crippen LogP contribution is -2.43. The molecule has 3 rings (SSSR count). The predicted molar refractivity (Wildman–Crippen MR) is 107 cm³/mol. The monoisotopic (exact) mass is 370 g/mol. The lowest BCUT2D eigenvalue weighted by molar-refractivity contribution is -0.136. The number of anilines is 1. The van der Waals surface area contributed by atoms with Crippen molar-refractivity contribution in [3.63, 3.8) is 0 Å². The van der Waals surface area contributed by atoms with E-state index in [1.807, 2.05) is 24.3 Å². The maximum atomic E-state index is 12.3. The summed E-state index contributed by atoms with van der Waals surface area (Å²) in [6, 6.07) is 9.76. The van der Waals surface area contributed by atoms with E-state index in [4.69, 9.17) is 0 Å². The highest BCUT2D eigenvalue weighted by Gasteiger charge is 2.36. The molecule has 138 valence electrons. The third-order valence-corrected chi connectivity index (χ3v) is 6.01. The topological polar surface area (TPSA) is 58.2 Å². The van der Waals surface area contributed by atoms with Crippen LogP contribution in [0.2, 0.25) is 0 Å². The molecular weight excluding hydrogens is 344 g/mol. The van der Waals surface area contributed by atoms with Crippen LogP contribution in [0.3, 0.4) is 0 Å². The summed E-state index contributed by atoms with van der Waals surface area (Å²) in [5.74, 6) is -0.747. The maximum absolute atomic E-state index is 12.3. The zero-order valence-corrected chi connectivity index (χ0v) is 16.2. The highest BCUT2D eigenvalue weighted by Crippen LogP contribution is 2.41. The van der Waals surface area contributed by atoms with E-state index in [0.29, 0.717) is 18.2 Å². The van der Waals surface area contributed by atoms with Crippen molar-refractivity contribution >= 4 is 28.8 Å². The highest BCUT2D eigenvalue weighted by molar-refractivity contribution is 7.08. The molecule has 0 radical (unpaired) electrons. The van der Waals surface area contributed by atoms with Gasteiger partial charge in [0, 0.05) is 17.6 Å². The van der Waals surface area contributed by atoms with Crippen molar-refractivity contribution < 1.29 is 9.59 Å². The zero-order chi connectivity index (χ0) is 18.6. The van der Waals surface area contributed by atoms with Gasteiger partial charge < -0.3 is 10.6 Å². The van der Waals surface area contributed by atoms with E-state index in [0.717, 1.165) is 12.8 Å². The third kappa shape index (κ3) is 4.15. The molecule has 4 nitrogen and oxygen atoms in total. The van der Waals surface area contributed by atoms with Crippen molar-refractivity contribution in [3.8, 4) is 0 Å². The van der Waals surface area contributed by atoms with Crippen molar-refractivity contribution in [3.05, 3.63) is 52.2 Å². The van der Waals surface area contributed by atoms with Gasteiger partial charge in [-0.1, -0.05) is 38.8 Å². The first-order valence-corrected chi connectivity index (χ1v) is 10.2. The first-order chi connectivity index (χ1) is 12.5. The summed E-state index contributed by atoms with van der Waals surface area (Å²) in [6.45, 7) is 4.75. The zero-order valence-electron chi connectivity index (χ0n) is 15.4. The summed E-state index contributed by atoms with van der Waals surface area (Å²) in [6.07, 6.45) is 4.45. The van der Waals surface area contributed by atoms with Gasteiger partial charge in [-0.05, 0) is 58.8 Å². The van der Waals surface area contributed by atoms with Gasteiger partial charge in [-0.15, -0.1) is 0 Å². The Bertz CT molecular complexity index is 745. The van der Waals surface area contributed by atoms with E-state index in [2.05, 4.69) is 41.3 Å². The lowest BCUT2D eigenvalue weighted by Gasteiger charge is -2.28. The summed E-state index contributed by atoms with van der Waals surface area (Å²) >= 11 is 1.68. The molecule has 2 aromatic rings. The number of nitrogens with one attached hydrogen (secondary N) is 2. The standard InChI is InChI=1S/C21H26N2O2S/c1-15(2)16-5-7-18(8-6-16)23-20(25)19(24)22-14-21(10-3-4-11-21)17-9-12-26-13-17/h5-9,12-13,15H,3-4,10-11,14H2,1-2H3,(H,22,24)(H,23,25). The molecule has 1 aliphatic rings. The van der Waals surface area contributed by atoms with Crippen LogP contribution in [0.1, 0.15) is 56.6 Å². The molecule has 1 saturated carbocycles. The molecular formula is C21H26N2O2S. The largest absolute Gasteiger partial charge is 0.347 e. The number of hydrogen-bond acceptors (Lipinski definition) is 3. The van der Waals surface area contributed by atoms with Gasteiger partial charge in [-0.3, -0.25) is 9.59 Å². The summed E-state index contributed by atoms with van der Waals surface area (Å²) in [7, 11) is 0. The van der Waals surface area contributed by atoms with Gasteiger partial charge in [0.1, 0.15) is 0 Å². The number of thiophene rings is 1. The summed E-state index contributed by atoms with van der Waals surface area (Å²) < 4.78 is 0. The molecule has 0 aliphatic heterocycles. The molecule has 1 aromatic carbocycles. The first-order valence-electron chi connectivity index (χ1n) is 9.22. The second-order valence-corrected chi connectivity index (χ2v) is 8.19. The Hall–Kier alpha value is -2.14. The van der Waals surface area contributed by atoms with E-state index >= 15 is 0 Å². The molecule has 0 atom stereocenters. The normalized spacial score (nSPS) is 15.8. The third-order valence-electron chi connectivity index (χ3n) is 5.32. The Labute approximate surface area is 159 Å². The number of carbonyl (C=O) groups excluding carboxylic acids is 2. The smallest absolute Gasteiger partial charge is 0.313 e. The second-order valence-electron chi connectivity index (χ2n) is 7.41. The highest BCUT2D eigenvalue weighted by atomic mass is 32.1. The van der Waals surface area contributed by atoms with E-state index in [1.54, 1.807) is 11.3 Å². The summed E-state index contributed by atoms with van der Waals surface area (Å²) in [4.78, 5) is 24.5. The maximum Gasteiger partial charge on any atom is 0.313 e. The van der Waals surface area contributed by atoms with Crippen LogP contribution in [0, 0.1) is 0 Å².